The highest BCUT2D eigenvalue weighted by atomic mass is 35.5. The molecule has 2 heterocycles. The van der Waals surface area contributed by atoms with Crippen molar-refractivity contribution in [2.24, 2.45) is 0 Å². The van der Waals surface area contributed by atoms with Crippen molar-refractivity contribution in [3.8, 4) is 0 Å². The molecule has 1 fully saturated rings. The van der Waals surface area contributed by atoms with Crippen LogP contribution in [0.5, 0.6) is 0 Å². The summed E-state index contributed by atoms with van der Waals surface area (Å²) in [5, 5.41) is 4.76. The summed E-state index contributed by atoms with van der Waals surface area (Å²) in [5.41, 5.74) is 1.31. The zero-order valence-electron chi connectivity index (χ0n) is 12.0. The minimum Gasteiger partial charge on any atom is -0.374 e. The average Bonchev–Trinajstić information content (AvgIpc) is 3.18. The van der Waals surface area contributed by atoms with E-state index in [4.69, 9.17) is 16.3 Å². The van der Waals surface area contributed by atoms with Crippen LogP contribution in [0.3, 0.4) is 0 Å². The van der Waals surface area contributed by atoms with Crippen molar-refractivity contribution >= 4 is 28.8 Å². The summed E-state index contributed by atoms with van der Waals surface area (Å²) in [7, 11) is 0. The van der Waals surface area contributed by atoms with Gasteiger partial charge in [-0.05, 0) is 42.2 Å². The quantitative estimate of drug-likeness (QED) is 0.724. The molecule has 0 aliphatic heterocycles. The van der Waals surface area contributed by atoms with Gasteiger partial charge in [-0.2, -0.15) is 11.3 Å². The molecule has 1 aliphatic rings. The van der Waals surface area contributed by atoms with E-state index in [-0.39, 0.29) is 0 Å². The van der Waals surface area contributed by atoms with E-state index < -0.39 is 0 Å². The molecule has 0 amide bonds. The molecule has 21 heavy (non-hydrogen) atoms. The van der Waals surface area contributed by atoms with Crippen molar-refractivity contribution in [1.29, 1.82) is 0 Å². The van der Waals surface area contributed by atoms with Crippen molar-refractivity contribution in [2.45, 2.75) is 39.0 Å². The first-order valence-electron chi connectivity index (χ1n) is 7.15. The predicted molar refractivity (Wildman–Crippen MR) is 85.9 cm³/mol. The van der Waals surface area contributed by atoms with Crippen LogP contribution >= 0.6 is 22.9 Å². The Labute approximate surface area is 133 Å². The normalized spacial score (nSPS) is 14.4. The van der Waals surface area contributed by atoms with Crippen molar-refractivity contribution in [2.75, 3.05) is 11.5 Å². The van der Waals surface area contributed by atoms with E-state index in [9.17, 15) is 0 Å². The van der Waals surface area contributed by atoms with E-state index in [1.807, 2.05) is 13.0 Å². The molecule has 0 aromatic carbocycles. The van der Waals surface area contributed by atoms with Gasteiger partial charge < -0.3 is 9.64 Å². The highest BCUT2D eigenvalue weighted by Crippen LogP contribution is 2.33. The lowest BCUT2D eigenvalue weighted by molar-refractivity contribution is 0.128. The van der Waals surface area contributed by atoms with Crippen LogP contribution < -0.4 is 4.90 Å². The lowest BCUT2D eigenvalue weighted by Gasteiger charge is -2.23. The molecular weight excluding hydrogens is 306 g/mol. The number of ether oxygens (including phenoxy) is 1. The standard InChI is InChI=1S/C15H18ClN3OS/c1-2-20-9-14-17-13(16)7-15(18-14)19(12-3-4-12)8-11-5-6-21-10-11/h5-7,10,12H,2-4,8-9H2,1H3. The van der Waals surface area contributed by atoms with Crippen LogP contribution in [0, 0.1) is 0 Å². The number of hydrogen-bond acceptors (Lipinski definition) is 5. The molecule has 112 valence electrons. The number of rotatable bonds is 7. The molecule has 0 unspecified atom stereocenters. The number of aromatic nitrogens is 2. The van der Waals surface area contributed by atoms with Gasteiger partial charge in [-0.25, -0.2) is 9.97 Å². The fraction of sp³-hybridized carbons (Fsp3) is 0.467. The molecule has 6 heteroatoms. The van der Waals surface area contributed by atoms with Gasteiger partial charge in [0.25, 0.3) is 0 Å². The minimum absolute atomic E-state index is 0.404. The second kappa shape index (κ2) is 6.73. The van der Waals surface area contributed by atoms with Gasteiger partial charge in [0.15, 0.2) is 5.82 Å². The highest BCUT2D eigenvalue weighted by molar-refractivity contribution is 7.07. The van der Waals surface area contributed by atoms with Crippen molar-refractivity contribution < 1.29 is 4.74 Å². The third-order valence-corrected chi connectivity index (χ3v) is 4.30. The first-order chi connectivity index (χ1) is 10.3. The molecule has 4 nitrogen and oxygen atoms in total. The van der Waals surface area contributed by atoms with Crippen molar-refractivity contribution in [3.63, 3.8) is 0 Å². The maximum absolute atomic E-state index is 6.15. The maximum atomic E-state index is 6.15. The molecule has 0 radical (unpaired) electrons. The Morgan fingerprint density at radius 3 is 2.95 bits per heavy atom. The predicted octanol–water partition coefficient (Wildman–Crippen LogP) is 3.90. The number of thiophene rings is 1. The van der Waals surface area contributed by atoms with E-state index in [1.165, 1.54) is 18.4 Å². The SMILES string of the molecule is CCOCc1nc(Cl)cc(N(Cc2ccsc2)C2CC2)n1. The van der Waals surface area contributed by atoms with Crippen molar-refractivity contribution in [3.05, 3.63) is 39.4 Å². The Morgan fingerprint density at radius 2 is 2.29 bits per heavy atom. The fourth-order valence-electron chi connectivity index (χ4n) is 2.22. The molecule has 0 atom stereocenters. The van der Waals surface area contributed by atoms with Crippen molar-refractivity contribution in [1.82, 2.24) is 9.97 Å². The van der Waals surface area contributed by atoms with E-state index in [0.717, 1.165) is 12.4 Å². The van der Waals surface area contributed by atoms with Crippen LogP contribution in [0.25, 0.3) is 0 Å². The summed E-state index contributed by atoms with van der Waals surface area (Å²) in [6, 6.07) is 4.57. The van der Waals surface area contributed by atoms with Gasteiger partial charge >= 0.3 is 0 Å². The van der Waals surface area contributed by atoms with Gasteiger partial charge in [0.1, 0.15) is 17.6 Å². The number of hydrogen-bond donors (Lipinski definition) is 0. The van der Waals surface area contributed by atoms with Crippen LogP contribution in [-0.4, -0.2) is 22.6 Å². The summed E-state index contributed by atoms with van der Waals surface area (Å²) in [6.45, 7) is 3.88. The van der Waals surface area contributed by atoms with E-state index in [1.54, 1.807) is 11.3 Å². The zero-order chi connectivity index (χ0) is 14.7. The minimum atomic E-state index is 0.404. The summed E-state index contributed by atoms with van der Waals surface area (Å²) in [6.07, 6.45) is 2.43. The van der Waals surface area contributed by atoms with E-state index in [2.05, 4.69) is 31.7 Å². The topological polar surface area (TPSA) is 38.2 Å². The van der Waals surface area contributed by atoms with E-state index >= 15 is 0 Å². The first kappa shape index (κ1) is 14.8. The largest absolute Gasteiger partial charge is 0.374 e. The summed E-state index contributed by atoms with van der Waals surface area (Å²) in [4.78, 5) is 11.2. The summed E-state index contributed by atoms with van der Waals surface area (Å²) >= 11 is 7.87. The second-order valence-corrected chi connectivity index (χ2v) is 6.26. The Bertz CT molecular complexity index is 587. The Hall–Kier alpha value is -1.17. The Kier molecular flexibility index (Phi) is 4.73. The number of halogens is 1. The van der Waals surface area contributed by atoms with Crippen LogP contribution in [0.2, 0.25) is 5.15 Å². The smallest absolute Gasteiger partial charge is 0.158 e. The molecule has 2 aromatic rings. The van der Waals surface area contributed by atoms with E-state index in [0.29, 0.717) is 30.2 Å². The molecule has 0 saturated heterocycles. The Balaban J connectivity index is 1.82. The molecule has 0 bridgehead atoms. The zero-order valence-corrected chi connectivity index (χ0v) is 13.5. The number of anilines is 1. The lowest BCUT2D eigenvalue weighted by Crippen LogP contribution is -2.26. The Morgan fingerprint density at radius 1 is 1.43 bits per heavy atom. The molecular formula is C15H18ClN3OS. The second-order valence-electron chi connectivity index (χ2n) is 5.09. The third-order valence-electron chi connectivity index (χ3n) is 3.38. The molecule has 0 N–H and O–H groups in total. The number of nitrogens with zero attached hydrogens (tertiary/aromatic N) is 3. The monoisotopic (exact) mass is 323 g/mol. The first-order valence-corrected chi connectivity index (χ1v) is 8.47. The lowest BCUT2D eigenvalue weighted by atomic mass is 10.3. The van der Waals surface area contributed by atoms with Gasteiger partial charge in [-0.1, -0.05) is 11.6 Å². The fourth-order valence-corrected chi connectivity index (χ4v) is 3.07. The third kappa shape index (κ3) is 3.93. The van der Waals surface area contributed by atoms with Crippen LogP contribution in [0.4, 0.5) is 5.82 Å². The van der Waals surface area contributed by atoms with Gasteiger partial charge in [-0.3, -0.25) is 0 Å². The molecule has 3 rings (SSSR count). The maximum Gasteiger partial charge on any atom is 0.158 e. The summed E-state index contributed by atoms with van der Waals surface area (Å²) in [5.74, 6) is 1.55. The van der Waals surface area contributed by atoms with Gasteiger partial charge in [0.2, 0.25) is 0 Å². The van der Waals surface area contributed by atoms with Gasteiger partial charge in [0.05, 0.1) is 0 Å². The average molecular weight is 324 g/mol. The van der Waals surface area contributed by atoms with Gasteiger partial charge in [-0.15, -0.1) is 0 Å². The van der Waals surface area contributed by atoms with Crippen LogP contribution in [-0.2, 0) is 17.9 Å². The molecule has 1 aliphatic carbocycles. The van der Waals surface area contributed by atoms with Gasteiger partial charge in [0, 0.05) is 25.3 Å². The van der Waals surface area contributed by atoms with Crippen LogP contribution in [0.1, 0.15) is 31.2 Å². The molecule has 2 aromatic heterocycles. The van der Waals surface area contributed by atoms with Crippen LogP contribution in [0.15, 0.2) is 22.9 Å². The highest BCUT2D eigenvalue weighted by Gasteiger charge is 2.30. The molecule has 0 spiro atoms. The summed E-state index contributed by atoms with van der Waals surface area (Å²) < 4.78 is 5.39. The molecule has 1 saturated carbocycles.